The quantitative estimate of drug-likeness (QED) is 0.385. The van der Waals surface area contributed by atoms with Crippen LogP contribution in [0, 0.1) is 11.3 Å². The number of ether oxygens (including phenoxy) is 1. The van der Waals surface area contributed by atoms with Crippen molar-refractivity contribution in [1.29, 1.82) is 5.26 Å². The van der Waals surface area contributed by atoms with Crippen molar-refractivity contribution in [2.45, 2.75) is 0 Å². The van der Waals surface area contributed by atoms with Crippen molar-refractivity contribution in [3.63, 3.8) is 0 Å². The number of hydrogen-bond donors (Lipinski definition) is 1. The SMILES string of the molecule is N#Cc1cccc(NC(=O)COC(=O)c2cc(-c3cccc(Br)c3)nc3ccccc23)c1. The van der Waals surface area contributed by atoms with Gasteiger partial charge in [0.2, 0.25) is 0 Å². The van der Waals surface area contributed by atoms with Crippen molar-refractivity contribution < 1.29 is 14.3 Å². The number of aromatic nitrogens is 1. The Morgan fingerprint density at radius 1 is 1.00 bits per heavy atom. The van der Waals surface area contributed by atoms with Crippen LogP contribution in [0.3, 0.4) is 0 Å². The molecule has 1 heterocycles. The molecule has 0 bridgehead atoms. The second-order valence-electron chi connectivity index (χ2n) is 6.90. The summed E-state index contributed by atoms with van der Waals surface area (Å²) in [6.07, 6.45) is 0. The molecule has 156 valence electrons. The predicted molar refractivity (Wildman–Crippen MR) is 125 cm³/mol. The van der Waals surface area contributed by atoms with Crippen LogP contribution in [0.5, 0.6) is 0 Å². The number of nitriles is 1. The highest BCUT2D eigenvalue weighted by atomic mass is 79.9. The maximum absolute atomic E-state index is 12.9. The Bertz CT molecular complexity index is 1380. The van der Waals surface area contributed by atoms with E-state index in [0.717, 1.165) is 10.0 Å². The number of carbonyl (C=O) groups excluding carboxylic acids is 2. The molecule has 6 nitrogen and oxygen atoms in total. The molecular weight excluding hydrogens is 470 g/mol. The van der Waals surface area contributed by atoms with Gasteiger partial charge in [0.05, 0.1) is 28.4 Å². The van der Waals surface area contributed by atoms with E-state index in [2.05, 4.69) is 26.2 Å². The predicted octanol–water partition coefficient (Wildman–Crippen LogP) is 5.33. The van der Waals surface area contributed by atoms with Crippen LogP contribution in [-0.4, -0.2) is 23.5 Å². The van der Waals surface area contributed by atoms with Crippen LogP contribution in [-0.2, 0) is 9.53 Å². The molecule has 0 saturated heterocycles. The standard InChI is InChI=1S/C25H16BrN3O3/c26-18-7-4-6-17(12-18)23-13-21(20-9-1-2-10-22(20)29-23)25(31)32-15-24(30)28-19-8-3-5-16(11-19)14-27/h1-13H,15H2,(H,28,30). The van der Waals surface area contributed by atoms with Gasteiger partial charge in [-0.25, -0.2) is 9.78 Å². The summed E-state index contributed by atoms with van der Waals surface area (Å²) in [5, 5.41) is 12.2. The maximum atomic E-state index is 12.9. The third-order valence-corrected chi connectivity index (χ3v) is 5.16. The number of halogens is 1. The van der Waals surface area contributed by atoms with Gasteiger partial charge in [-0.05, 0) is 42.5 Å². The Hall–Kier alpha value is -4.02. The van der Waals surface area contributed by atoms with Gasteiger partial charge in [-0.2, -0.15) is 5.26 Å². The first-order valence-corrected chi connectivity index (χ1v) is 10.5. The van der Waals surface area contributed by atoms with Gasteiger partial charge in [0.25, 0.3) is 5.91 Å². The van der Waals surface area contributed by atoms with Crippen molar-refractivity contribution in [2.75, 3.05) is 11.9 Å². The summed E-state index contributed by atoms with van der Waals surface area (Å²) in [5.74, 6) is -1.13. The summed E-state index contributed by atoms with van der Waals surface area (Å²) in [5.41, 5.74) is 3.31. The molecule has 0 radical (unpaired) electrons. The molecule has 0 unspecified atom stereocenters. The van der Waals surface area contributed by atoms with Gasteiger partial charge in [-0.15, -0.1) is 0 Å². The van der Waals surface area contributed by atoms with Crippen molar-refractivity contribution in [2.24, 2.45) is 0 Å². The lowest BCUT2D eigenvalue weighted by Gasteiger charge is -2.11. The van der Waals surface area contributed by atoms with Gasteiger partial charge >= 0.3 is 5.97 Å². The number of amides is 1. The maximum Gasteiger partial charge on any atom is 0.339 e. The number of pyridine rings is 1. The van der Waals surface area contributed by atoms with Gasteiger partial charge < -0.3 is 10.1 Å². The summed E-state index contributed by atoms with van der Waals surface area (Å²) >= 11 is 3.45. The highest BCUT2D eigenvalue weighted by Gasteiger charge is 2.17. The molecule has 0 aliphatic heterocycles. The summed E-state index contributed by atoms with van der Waals surface area (Å²) in [4.78, 5) is 29.8. The van der Waals surface area contributed by atoms with Crippen molar-refractivity contribution in [3.05, 3.63) is 94.5 Å². The van der Waals surface area contributed by atoms with Gasteiger partial charge in [-0.3, -0.25) is 4.79 Å². The van der Waals surface area contributed by atoms with Gasteiger partial charge in [-0.1, -0.05) is 52.3 Å². The number of nitrogens with zero attached hydrogens (tertiary/aromatic N) is 2. The molecule has 0 atom stereocenters. The number of para-hydroxylation sites is 1. The van der Waals surface area contributed by atoms with E-state index in [1.807, 2.05) is 48.5 Å². The lowest BCUT2D eigenvalue weighted by atomic mass is 10.0. The van der Waals surface area contributed by atoms with E-state index in [9.17, 15) is 9.59 Å². The van der Waals surface area contributed by atoms with E-state index >= 15 is 0 Å². The minimum Gasteiger partial charge on any atom is -0.452 e. The smallest absolute Gasteiger partial charge is 0.339 e. The van der Waals surface area contributed by atoms with Crippen LogP contribution >= 0.6 is 15.9 Å². The zero-order valence-electron chi connectivity index (χ0n) is 16.7. The Kier molecular flexibility index (Phi) is 6.24. The first-order valence-electron chi connectivity index (χ1n) is 9.66. The van der Waals surface area contributed by atoms with E-state index < -0.39 is 18.5 Å². The third-order valence-electron chi connectivity index (χ3n) is 4.67. The zero-order valence-corrected chi connectivity index (χ0v) is 18.3. The Labute approximate surface area is 192 Å². The van der Waals surface area contributed by atoms with E-state index in [1.54, 1.807) is 36.4 Å². The van der Waals surface area contributed by atoms with E-state index in [-0.39, 0.29) is 0 Å². The normalized spacial score (nSPS) is 10.4. The Morgan fingerprint density at radius 2 is 1.81 bits per heavy atom. The fourth-order valence-electron chi connectivity index (χ4n) is 3.21. The average Bonchev–Trinajstić information content (AvgIpc) is 2.82. The summed E-state index contributed by atoms with van der Waals surface area (Å²) in [7, 11) is 0. The summed E-state index contributed by atoms with van der Waals surface area (Å²) < 4.78 is 6.18. The van der Waals surface area contributed by atoms with Gasteiger partial charge in [0.15, 0.2) is 6.61 Å². The number of fused-ring (bicyclic) bond motifs is 1. The van der Waals surface area contributed by atoms with Crippen molar-refractivity contribution in [1.82, 2.24) is 4.98 Å². The lowest BCUT2D eigenvalue weighted by Crippen LogP contribution is -2.21. The molecule has 4 aromatic rings. The summed E-state index contributed by atoms with van der Waals surface area (Å²) in [6, 6.07) is 25.0. The molecule has 1 aromatic heterocycles. The van der Waals surface area contributed by atoms with Crippen LogP contribution in [0.4, 0.5) is 5.69 Å². The highest BCUT2D eigenvalue weighted by molar-refractivity contribution is 9.10. The minimum absolute atomic E-state index is 0.324. The van der Waals surface area contributed by atoms with Crippen LogP contribution in [0.15, 0.2) is 83.3 Å². The van der Waals surface area contributed by atoms with E-state index in [0.29, 0.717) is 33.4 Å². The molecule has 0 saturated carbocycles. The monoisotopic (exact) mass is 485 g/mol. The molecule has 0 aliphatic carbocycles. The van der Waals surface area contributed by atoms with Gasteiger partial charge in [0.1, 0.15) is 0 Å². The van der Waals surface area contributed by atoms with Crippen molar-refractivity contribution >= 4 is 44.4 Å². The third kappa shape index (κ3) is 4.82. The molecule has 32 heavy (non-hydrogen) atoms. The number of carbonyl (C=O) groups is 2. The second-order valence-corrected chi connectivity index (χ2v) is 7.82. The summed E-state index contributed by atoms with van der Waals surface area (Å²) in [6.45, 7) is -0.460. The number of nitrogens with one attached hydrogen (secondary N) is 1. The average molecular weight is 486 g/mol. The number of benzene rings is 3. The first-order chi connectivity index (χ1) is 15.5. The minimum atomic E-state index is -0.624. The largest absolute Gasteiger partial charge is 0.452 e. The van der Waals surface area contributed by atoms with Crippen molar-refractivity contribution in [3.8, 4) is 17.3 Å². The number of hydrogen-bond acceptors (Lipinski definition) is 5. The molecule has 4 rings (SSSR count). The van der Waals surface area contributed by atoms with E-state index in [1.165, 1.54) is 0 Å². The molecule has 0 fully saturated rings. The highest BCUT2D eigenvalue weighted by Crippen LogP contribution is 2.27. The van der Waals surface area contributed by atoms with Gasteiger partial charge in [0, 0.05) is 21.1 Å². The van der Waals surface area contributed by atoms with Crippen LogP contribution in [0.25, 0.3) is 22.2 Å². The fraction of sp³-hybridized carbons (Fsp3) is 0.0400. The Morgan fingerprint density at radius 3 is 2.62 bits per heavy atom. The number of esters is 1. The molecule has 1 amide bonds. The number of anilines is 1. The second kappa shape index (κ2) is 9.41. The molecule has 7 heteroatoms. The topological polar surface area (TPSA) is 92.1 Å². The molecule has 0 aliphatic rings. The molecule has 3 aromatic carbocycles. The number of rotatable bonds is 5. The van der Waals surface area contributed by atoms with Crippen LogP contribution in [0.2, 0.25) is 0 Å². The zero-order chi connectivity index (χ0) is 22.5. The lowest BCUT2D eigenvalue weighted by molar-refractivity contribution is -0.119. The molecular formula is C25H16BrN3O3. The molecule has 1 N–H and O–H groups in total. The van der Waals surface area contributed by atoms with E-state index in [4.69, 9.17) is 10.00 Å². The molecule has 0 spiro atoms. The fourth-order valence-corrected chi connectivity index (χ4v) is 3.61. The Balaban J connectivity index is 1.56. The first kappa shape index (κ1) is 21.2. The van der Waals surface area contributed by atoms with Crippen LogP contribution < -0.4 is 5.32 Å². The van der Waals surface area contributed by atoms with Crippen LogP contribution in [0.1, 0.15) is 15.9 Å².